The van der Waals surface area contributed by atoms with E-state index in [0.717, 1.165) is 17.1 Å². The van der Waals surface area contributed by atoms with Crippen molar-refractivity contribution in [1.82, 2.24) is 0 Å². The molecule has 12 rings (SSSR count). The van der Waals surface area contributed by atoms with Gasteiger partial charge in [-0.3, -0.25) is 0 Å². The zero-order chi connectivity index (χ0) is 42.5. The van der Waals surface area contributed by atoms with Gasteiger partial charge in [-0.15, -0.1) is 0 Å². The SMILES string of the molecule is c1ccc(-c2ccc(-c3ccc(N(c4ccc(-c5ccc6c(c5)-c5ccccc5[Si]6(c5ccccc5)c5ccccc5)cc4)c4cc5ccccc5c5ccccc45)cc3)cc2)cc1. The monoisotopic (exact) mass is 829 g/mol. The number of anilines is 3. The number of hydrogen-bond acceptors (Lipinski definition) is 1. The van der Waals surface area contributed by atoms with Gasteiger partial charge in [0.05, 0.1) is 5.69 Å². The van der Waals surface area contributed by atoms with Crippen molar-refractivity contribution in [3.63, 3.8) is 0 Å². The summed E-state index contributed by atoms with van der Waals surface area (Å²) in [5, 5.41) is 10.7. The highest BCUT2D eigenvalue weighted by atomic mass is 28.3. The van der Waals surface area contributed by atoms with E-state index in [4.69, 9.17) is 0 Å². The molecule has 0 amide bonds. The first kappa shape index (κ1) is 37.7. The van der Waals surface area contributed by atoms with E-state index in [1.807, 2.05) is 0 Å². The number of benzene rings is 11. The Morgan fingerprint density at radius 3 is 1.30 bits per heavy atom. The van der Waals surface area contributed by atoms with Gasteiger partial charge in [-0.1, -0.05) is 224 Å². The Balaban J connectivity index is 0.962. The normalized spacial score (nSPS) is 12.5. The number of hydrogen-bond donors (Lipinski definition) is 0. The van der Waals surface area contributed by atoms with Gasteiger partial charge in [-0.2, -0.15) is 0 Å². The van der Waals surface area contributed by atoms with Crippen molar-refractivity contribution < 1.29 is 0 Å². The Morgan fingerprint density at radius 2 is 0.688 bits per heavy atom. The van der Waals surface area contributed by atoms with Crippen LogP contribution in [-0.2, 0) is 0 Å². The molecule has 1 aliphatic heterocycles. The first-order valence-electron chi connectivity index (χ1n) is 22.2. The largest absolute Gasteiger partial charge is 0.310 e. The molecule has 0 radical (unpaired) electrons. The van der Waals surface area contributed by atoms with Crippen LogP contribution in [0.1, 0.15) is 0 Å². The maximum atomic E-state index is 2.45. The van der Waals surface area contributed by atoms with Gasteiger partial charge >= 0.3 is 0 Å². The van der Waals surface area contributed by atoms with E-state index in [-0.39, 0.29) is 0 Å². The van der Waals surface area contributed by atoms with E-state index in [0.29, 0.717) is 0 Å². The van der Waals surface area contributed by atoms with E-state index in [2.05, 4.69) is 266 Å². The van der Waals surface area contributed by atoms with Crippen LogP contribution in [0.2, 0.25) is 0 Å². The van der Waals surface area contributed by atoms with Crippen LogP contribution in [-0.4, -0.2) is 8.07 Å². The van der Waals surface area contributed by atoms with Crippen LogP contribution in [0, 0.1) is 0 Å². The first-order valence-corrected chi connectivity index (χ1v) is 24.2. The summed E-state index contributed by atoms with van der Waals surface area (Å²) < 4.78 is 0. The van der Waals surface area contributed by atoms with Crippen LogP contribution in [0.25, 0.3) is 66.1 Å². The quantitative estimate of drug-likeness (QED) is 0.109. The Bertz CT molecular complexity index is 3410. The van der Waals surface area contributed by atoms with E-state index in [1.165, 1.54) is 86.8 Å². The summed E-state index contributed by atoms with van der Waals surface area (Å²) in [6.07, 6.45) is 0. The lowest BCUT2D eigenvalue weighted by molar-refractivity contribution is 1.30. The zero-order valence-corrected chi connectivity index (χ0v) is 36.3. The van der Waals surface area contributed by atoms with Crippen LogP contribution in [0.5, 0.6) is 0 Å². The summed E-state index contributed by atoms with van der Waals surface area (Å²) in [4.78, 5) is 2.43. The fraction of sp³-hybridized carbons (Fsp3) is 0. The van der Waals surface area contributed by atoms with Gasteiger partial charge in [0.15, 0.2) is 8.07 Å². The molecule has 64 heavy (non-hydrogen) atoms. The number of fused-ring (bicyclic) bond motifs is 6. The minimum atomic E-state index is -2.54. The second-order valence-corrected chi connectivity index (χ2v) is 20.6. The highest BCUT2D eigenvalue weighted by Gasteiger charge is 2.48. The van der Waals surface area contributed by atoms with Gasteiger partial charge in [-0.05, 0) is 118 Å². The molecule has 0 spiro atoms. The smallest absolute Gasteiger partial charge is 0.180 e. The van der Waals surface area contributed by atoms with Crippen molar-refractivity contribution in [3.8, 4) is 44.5 Å². The van der Waals surface area contributed by atoms with Gasteiger partial charge in [-0.25, -0.2) is 0 Å². The van der Waals surface area contributed by atoms with E-state index < -0.39 is 8.07 Å². The first-order chi connectivity index (χ1) is 31.7. The molecule has 0 saturated carbocycles. The molecule has 0 saturated heterocycles. The van der Waals surface area contributed by atoms with Crippen molar-refractivity contribution >= 4 is 67.4 Å². The molecule has 1 nitrogen and oxygen atoms in total. The number of nitrogens with zero attached hydrogens (tertiary/aromatic N) is 1. The molecule has 1 aliphatic rings. The fourth-order valence-electron chi connectivity index (χ4n) is 10.4. The summed E-state index contributed by atoms with van der Waals surface area (Å²) >= 11 is 0. The second-order valence-electron chi connectivity index (χ2n) is 16.8. The van der Waals surface area contributed by atoms with Crippen LogP contribution >= 0.6 is 0 Å². The summed E-state index contributed by atoms with van der Waals surface area (Å²) in [5.74, 6) is 0. The van der Waals surface area contributed by atoms with Crippen molar-refractivity contribution in [2.75, 3.05) is 4.90 Å². The van der Waals surface area contributed by atoms with E-state index in [9.17, 15) is 0 Å². The Labute approximate surface area is 375 Å². The fourth-order valence-corrected chi connectivity index (χ4v) is 15.5. The van der Waals surface area contributed by atoms with Crippen molar-refractivity contribution in [1.29, 1.82) is 0 Å². The van der Waals surface area contributed by atoms with Gasteiger partial charge in [0.2, 0.25) is 0 Å². The van der Waals surface area contributed by atoms with Crippen LogP contribution in [0.15, 0.2) is 261 Å². The highest BCUT2D eigenvalue weighted by molar-refractivity contribution is 7.22. The standard InChI is InChI=1S/C62H43NSi/c1-4-16-44(17-5-1)45-28-30-46(31-29-45)47-32-37-51(38-33-47)63(60-43-50-18-10-11-23-55(50)56-24-12-13-25-57(56)60)52-39-34-48(35-40-52)49-36-41-62-59(42-49)58-26-14-15-27-61(58)64(62,53-19-6-2-7-20-53)54-21-8-3-9-22-54/h1-43H. The van der Waals surface area contributed by atoms with Crippen LogP contribution in [0.3, 0.4) is 0 Å². The third-order valence-electron chi connectivity index (χ3n) is 13.4. The highest BCUT2D eigenvalue weighted by Crippen LogP contribution is 2.43. The minimum Gasteiger partial charge on any atom is -0.310 e. The van der Waals surface area contributed by atoms with Crippen molar-refractivity contribution in [2.45, 2.75) is 0 Å². The average molecular weight is 830 g/mol. The lowest BCUT2D eigenvalue weighted by Gasteiger charge is -2.31. The average Bonchev–Trinajstić information content (AvgIpc) is 3.68. The Kier molecular flexibility index (Phi) is 9.25. The number of rotatable bonds is 8. The molecule has 11 aromatic rings. The molecular weight excluding hydrogens is 787 g/mol. The second kappa shape index (κ2) is 15.7. The molecular formula is C62H43NSi. The van der Waals surface area contributed by atoms with Crippen LogP contribution in [0.4, 0.5) is 17.1 Å². The van der Waals surface area contributed by atoms with Crippen LogP contribution < -0.4 is 25.6 Å². The predicted octanol–water partition coefficient (Wildman–Crippen LogP) is 13.8. The van der Waals surface area contributed by atoms with Gasteiger partial charge < -0.3 is 4.90 Å². The molecule has 0 fully saturated rings. The maximum absolute atomic E-state index is 2.54. The maximum Gasteiger partial charge on any atom is 0.180 e. The predicted molar refractivity (Wildman–Crippen MR) is 275 cm³/mol. The molecule has 0 N–H and O–H groups in total. The third-order valence-corrected chi connectivity index (χ3v) is 18.2. The lowest BCUT2D eigenvalue weighted by atomic mass is 9.97. The molecule has 1 heterocycles. The topological polar surface area (TPSA) is 3.24 Å². The molecule has 11 aromatic carbocycles. The molecule has 2 heteroatoms. The lowest BCUT2D eigenvalue weighted by Crippen LogP contribution is -2.72. The summed E-state index contributed by atoms with van der Waals surface area (Å²) in [6.45, 7) is 0. The molecule has 0 unspecified atom stereocenters. The van der Waals surface area contributed by atoms with E-state index in [1.54, 1.807) is 0 Å². The minimum absolute atomic E-state index is 1.11. The molecule has 0 atom stereocenters. The van der Waals surface area contributed by atoms with Crippen molar-refractivity contribution in [2.24, 2.45) is 0 Å². The molecule has 0 bridgehead atoms. The summed E-state index contributed by atoms with van der Waals surface area (Å²) in [6, 6.07) is 96.5. The summed E-state index contributed by atoms with van der Waals surface area (Å²) in [5.41, 5.74) is 13.3. The Morgan fingerprint density at radius 1 is 0.266 bits per heavy atom. The molecule has 0 aromatic heterocycles. The van der Waals surface area contributed by atoms with Gasteiger partial charge in [0.1, 0.15) is 0 Å². The Hall–Kier alpha value is -8.04. The van der Waals surface area contributed by atoms with Gasteiger partial charge in [0.25, 0.3) is 0 Å². The molecule has 0 aliphatic carbocycles. The third kappa shape index (κ3) is 6.22. The molecule has 300 valence electrons. The zero-order valence-electron chi connectivity index (χ0n) is 35.3. The summed E-state index contributed by atoms with van der Waals surface area (Å²) in [7, 11) is -2.54. The van der Waals surface area contributed by atoms with E-state index >= 15 is 0 Å². The van der Waals surface area contributed by atoms with Crippen molar-refractivity contribution in [3.05, 3.63) is 261 Å². The van der Waals surface area contributed by atoms with Gasteiger partial charge in [0, 0.05) is 16.8 Å².